The van der Waals surface area contributed by atoms with Crippen LogP contribution in [0.25, 0.3) is 0 Å². The number of carbonyl (C=O) groups is 2. The number of halogens is 1. The van der Waals surface area contributed by atoms with Crippen LogP contribution in [-0.2, 0) is 11.3 Å². The molecule has 0 saturated carbocycles. The lowest BCUT2D eigenvalue weighted by molar-refractivity contribution is -0.140. The predicted octanol–water partition coefficient (Wildman–Crippen LogP) is 2.15. The highest BCUT2D eigenvalue weighted by molar-refractivity contribution is 7.99. The normalized spacial score (nSPS) is 18.8. The third-order valence-corrected chi connectivity index (χ3v) is 4.19. The predicted molar refractivity (Wildman–Crippen MR) is 74.7 cm³/mol. The van der Waals surface area contributed by atoms with Crippen molar-refractivity contribution in [1.82, 2.24) is 9.47 Å². The molecule has 2 heterocycles. The van der Waals surface area contributed by atoms with Crippen molar-refractivity contribution in [3.8, 4) is 0 Å². The van der Waals surface area contributed by atoms with Crippen LogP contribution in [0.3, 0.4) is 0 Å². The fraction of sp³-hybridized carbons (Fsp3) is 0.500. The van der Waals surface area contributed by atoms with Gasteiger partial charge in [0, 0.05) is 18.5 Å². The molecule has 0 bridgehead atoms. The third kappa shape index (κ3) is 2.90. The molecule has 1 atom stereocenters. The van der Waals surface area contributed by atoms with Crippen molar-refractivity contribution in [3.63, 3.8) is 0 Å². The van der Waals surface area contributed by atoms with Crippen molar-refractivity contribution in [2.24, 2.45) is 0 Å². The quantitative estimate of drug-likeness (QED) is 0.926. The molecule has 1 saturated heterocycles. The highest BCUT2D eigenvalue weighted by Gasteiger charge is 2.36. The topological polar surface area (TPSA) is 62.5 Å². The molecular formula is C12H15ClN2O3S. The van der Waals surface area contributed by atoms with Gasteiger partial charge in [0.25, 0.3) is 5.91 Å². The van der Waals surface area contributed by atoms with Gasteiger partial charge in [-0.3, -0.25) is 4.79 Å². The minimum atomic E-state index is -0.960. The second kappa shape index (κ2) is 5.88. The molecule has 0 aromatic carbocycles. The fourth-order valence-corrected chi connectivity index (χ4v) is 3.44. The number of aliphatic carboxylic acids is 1. The van der Waals surface area contributed by atoms with E-state index in [1.54, 1.807) is 16.8 Å². The van der Waals surface area contributed by atoms with Crippen LogP contribution < -0.4 is 0 Å². The zero-order valence-corrected chi connectivity index (χ0v) is 12.1. The van der Waals surface area contributed by atoms with Gasteiger partial charge in [0.05, 0.1) is 10.9 Å². The van der Waals surface area contributed by atoms with Crippen molar-refractivity contribution >= 4 is 35.2 Å². The van der Waals surface area contributed by atoms with Gasteiger partial charge in [-0.05, 0) is 12.5 Å². The zero-order chi connectivity index (χ0) is 14.0. The summed E-state index contributed by atoms with van der Waals surface area (Å²) in [6.45, 7) is 2.69. The van der Waals surface area contributed by atoms with Crippen LogP contribution in [0.5, 0.6) is 0 Å². The monoisotopic (exact) mass is 302 g/mol. The molecule has 2 rings (SSSR count). The van der Waals surface area contributed by atoms with Gasteiger partial charge >= 0.3 is 5.97 Å². The molecule has 5 nitrogen and oxygen atoms in total. The number of carboxylic acids is 1. The molecule has 104 valence electrons. The Kier molecular flexibility index (Phi) is 4.42. The molecule has 1 aromatic rings. The molecule has 0 radical (unpaired) electrons. The molecule has 1 unspecified atom stereocenters. The summed E-state index contributed by atoms with van der Waals surface area (Å²) < 4.78 is 1.78. The minimum Gasteiger partial charge on any atom is -0.480 e. The van der Waals surface area contributed by atoms with E-state index in [2.05, 4.69) is 0 Å². The number of thioether (sulfide) groups is 1. The van der Waals surface area contributed by atoms with Gasteiger partial charge in [-0.2, -0.15) is 0 Å². The van der Waals surface area contributed by atoms with Crippen LogP contribution >= 0.6 is 23.4 Å². The number of aryl methyl sites for hydroxylation is 1. The summed E-state index contributed by atoms with van der Waals surface area (Å²) in [4.78, 5) is 25.0. The lowest BCUT2D eigenvalue weighted by atomic mass is 10.2. The number of hydrogen-bond acceptors (Lipinski definition) is 3. The van der Waals surface area contributed by atoms with Crippen LogP contribution in [0.2, 0.25) is 5.02 Å². The Labute approximate surface area is 120 Å². The molecule has 1 aliphatic rings. The summed E-state index contributed by atoms with van der Waals surface area (Å²) in [7, 11) is 0. The Morgan fingerprint density at radius 3 is 2.95 bits per heavy atom. The SMILES string of the molecule is CCCn1cc(Cl)cc1C(=O)N1CSCC1C(=O)O. The second-order valence-electron chi connectivity index (χ2n) is 4.37. The first-order valence-corrected chi connectivity index (χ1v) is 7.55. The lowest BCUT2D eigenvalue weighted by Gasteiger charge is -2.21. The average molecular weight is 303 g/mol. The highest BCUT2D eigenvalue weighted by atomic mass is 35.5. The molecule has 19 heavy (non-hydrogen) atoms. The molecule has 0 aliphatic carbocycles. The van der Waals surface area contributed by atoms with Crippen LogP contribution in [0.1, 0.15) is 23.8 Å². The number of hydrogen-bond donors (Lipinski definition) is 1. The summed E-state index contributed by atoms with van der Waals surface area (Å²) in [6, 6.07) is 0.850. The first-order chi connectivity index (χ1) is 9.04. The number of carbonyl (C=O) groups excluding carboxylic acids is 1. The van der Waals surface area contributed by atoms with E-state index in [0.29, 0.717) is 28.9 Å². The van der Waals surface area contributed by atoms with Gasteiger partial charge in [-0.1, -0.05) is 18.5 Å². The van der Waals surface area contributed by atoms with Gasteiger partial charge in [0.15, 0.2) is 0 Å². The van der Waals surface area contributed by atoms with E-state index < -0.39 is 12.0 Å². The van der Waals surface area contributed by atoms with E-state index in [9.17, 15) is 9.59 Å². The van der Waals surface area contributed by atoms with Crippen molar-refractivity contribution < 1.29 is 14.7 Å². The molecule has 1 aliphatic heterocycles. The Bertz CT molecular complexity index is 503. The Morgan fingerprint density at radius 2 is 2.32 bits per heavy atom. The number of carboxylic acid groups (broad SMARTS) is 1. The molecule has 1 amide bonds. The van der Waals surface area contributed by atoms with Gasteiger partial charge in [0.1, 0.15) is 11.7 Å². The standard InChI is InChI=1S/C12H15ClN2O3S/c1-2-3-14-5-8(13)4-9(14)11(16)15-7-19-6-10(15)12(17)18/h4-5,10H,2-3,6-7H2,1H3,(H,17,18). The number of nitrogens with zero attached hydrogens (tertiary/aromatic N) is 2. The lowest BCUT2D eigenvalue weighted by Crippen LogP contribution is -2.42. The summed E-state index contributed by atoms with van der Waals surface area (Å²) in [5, 5.41) is 9.61. The molecule has 7 heteroatoms. The average Bonchev–Trinajstić information content (AvgIpc) is 2.95. The van der Waals surface area contributed by atoms with Crippen molar-refractivity contribution in [2.45, 2.75) is 25.9 Å². The summed E-state index contributed by atoms with van der Waals surface area (Å²) in [5.41, 5.74) is 0.459. The Hall–Kier alpha value is -1.14. The molecule has 1 N–H and O–H groups in total. The van der Waals surface area contributed by atoms with Crippen molar-refractivity contribution in [2.75, 3.05) is 11.6 Å². The maximum absolute atomic E-state index is 12.4. The summed E-state index contributed by atoms with van der Waals surface area (Å²) >= 11 is 7.39. The summed E-state index contributed by atoms with van der Waals surface area (Å²) in [5.74, 6) is -0.385. The minimum absolute atomic E-state index is 0.266. The maximum Gasteiger partial charge on any atom is 0.327 e. The van der Waals surface area contributed by atoms with Crippen LogP contribution in [-0.4, -0.2) is 44.1 Å². The molecule has 0 spiro atoms. The third-order valence-electron chi connectivity index (χ3n) is 2.98. The first-order valence-electron chi connectivity index (χ1n) is 6.01. The maximum atomic E-state index is 12.4. The number of aromatic nitrogens is 1. The fourth-order valence-electron chi connectivity index (χ4n) is 2.07. The molecule has 1 aromatic heterocycles. The van der Waals surface area contributed by atoms with E-state index in [-0.39, 0.29) is 5.91 Å². The van der Waals surface area contributed by atoms with Crippen LogP contribution in [0, 0.1) is 0 Å². The smallest absolute Gasteiger partial charge is 0.327 e. The van der Waals surface area contributed by atoms with Gasteiger partial charge in [-0.25, -0.2) is 4.79 Å². The van der Waals surface area contributed by atoms with Crippen LogP contribution in [0.4, 0.5) is 0 Å². The highest BCUT2D eigenvalue weighted by Crippen LogP contribution is 2.25. The van der Waals surface area contributed by atoms with E-state index in [1.165, 1.54) is 16.7 Å². The van der Waals surface area contributed by atoms with Crippen LogP contribution in [0.15, 0.2) is 12.3 Å². The van der Waals surface area contributed by atoms with Crippen molar-refractivity contribution in [1.29, 1.82) is 0 Å². The Balaban J connectivity index is 2.26. The van der Waals surface area contributed by atoms with E-state index in [0.717, 1.165) is 6.42 Å². The van der Waals surface area contributed by atoms with Gasteiger partial charge in [0.2, 0.25) is 0 Å². The van der Waals surface area contributed by atoms with E-state index in [1.807, 2.05) is 6.92 Å². The Morgan fingerprint density at radius 1 is 1.58 bits per heavy atom. The summed E-state index contributed by atoms with van der Waals surface area (Å²) in [6.07, 6.45) is 2.58. The second-order valence-corrected chi connectivity index (χ2v) is 5.80. The number of amides is 1. The zero-order valence-electron chi connectivity index (χ0n) is 10.5. The molecule has 1 fully saturated rings. The van der Waals surface area contributed by atoms with Gasteiger partial charge < -0.3 is 14.6 Å². The first kappa shape index (κ1) is 14.3. The van der Waals surface area contributed by atoms with E-state index in [4.69, 9.17) is 16.7 Å². The number of rotatable bonds is 4. The largest absolute Gasteiger partial charge is 0.480 e. The molecular weight excluding hydrogens is 288 g/mol. The van der Waals surface area contributed by atoms with E-state index >= 15 is 0 Å². The van der Waals surface area contributed by atoms with Gasteiger partial charge in [-0.15, -0.1) is 11.8 Å². The van der Waals surface area contributed by atoms with Crippen molar-refractivity contribution in [3.05, 3.63) is 23.0 Å².